The Hall–Kier alpha value is -2.44. The van der Waals surface area contributed by atoms with Gasteiger partial charge in [-0.2, -0.15) is 0 Å². The van der Waals surface area contributed by atoms with Crippen molar-refractivity contribution in [1.29, 1.82) is 0 Å². The van der Waals surface area contributed by atoms with E-state index in [0.29, 0.717) is 20.9 Å². The van der Waals surface area contributed by atoms with Gasteiger partial charge in [0.2, 0.25) is 5.13 Å². The van der Waals surface area contributed by atoms with E-state index >= 15 is 0 Å². The topological polar surface area (TPSA) is 64.1 Å². The number of nitrogens with zero attached hydrogens (tertiary/aromatic N) is 2. The molecule has 0 saturated heterocycles. The summed E-state index contributed by atoms with van der Waals surface area (Å²) in [7, 11) is 0. The first-order valence-corrected chi connectivity index (χ1v) is 9.26. The molecule has 0 fully saturated rings. The van der Waals surface area contributed by atoms with E-state index in [9.17, 15) is 4.79 Å². The largest absolute Gasteiger partial charge is 0.481 e. The lowest BCUT2D eigenvalue weighted by Gasteiger charge is -2.15. The summed E-state index contributed by atoms with van der Waals surface area (Å²) >= 11 is 7.19. The number of hydrogen-bond acceptors (Lipinski definition) is 5. The molecule has 0 radical (unpaired) electrons. The number of aryl methyl sites for hydroxylation is 2. The minimum Gasteiger partial charge on any atom is -0.481 e. The number of hydrogen-bond donors (Lipinski definition) is 1. The van der Waals surface area contributed by atoms with Gasteiger partial charge < -0.3 is 4.74 Å². The van der Waals surface area contributed by atoms with E-state index in [0.717, 1.165) is 16.7 Å². The van der Waals surface area contributed by atoms with Crippen LogP contribution < -0.4 is 10.1 Å². The van der Waals surface area contributed by atoms with Gasteiger partial charge in [0, 0.05) is 10.6 Å². The number of anilines is 1. The first-order chi connectivity index (χ1) is 12.4. The fourth-order valence-electron chi connectivity index (χ4n) is 2.27. The molecule has 0 unspecified atom stereocenters. The predicted octanol–water partition coefficient (Wildman–Crippen LogP) is 4.88. The second-order valence-corrected chi connectivity index (χ2v) is 7.35. The summed E-state index contributed by atoms with van der Waals surface area (Å²) in [5.41, 5.74) is 2.96. The van der Waals surface area contributed by atoms with Crippen LogP contribution >= 0.6 is 22.9 Å². The lowest BCUT2D eigenvalue weighted by atomic mass is 10.1. The number of carbonyl (C=O) groups is 1. The van der Waals surface area contributed by atoms with E-state index in [-0.39, 0.29) is 5.91 Å². The molecule has 0 saturated carbocycles. The Morgan fingerprint density at radius 2 is 1.88 bits per heavy atom. The Morgan fingerprint density at radius 1 is 1.15 bits per heavy atom. The number of carbonyl (C=O) groups excluding carboxylic acids is 1. The summed E-state index contributed by atoms with van der Waals surface area (Å²) in [4.78, 5) is 12.4. The lowest BCUT2D eigenvalue weighted by Crippen LogP contribution is -2.30. The molecule has 7 heteroatoms. The van der Waals surface area contributed by atoms with Crippen molar-refractivity contribution in [3.05, 3.63) is 58.6 Å². The Labute approximate surface area is 161 Å². The number of amides is 1. The standard InChI is InChI=1S/C19H18ClN3O2S/c1-11-4-5-12(2)16(10-11)25-13(3)17(24)21-19-23-22-18(26-19)14-6-8-15(20)9-7-14/h4-10,13H,1-3H3,(H,21,23,24)/t13-/m1/s1. The van der Waals surface area contributed by atoms with E-state index in [1.165, 1.54) is 11.3 Å². The molecule has 0 bridgehead atoms. The van der Waals surface area contributed by atoms with Gasteiger partial charge in [0.15, 0.2) is 6.10 Å². The zero-order valence-corrected chi connectivity index (χ0v) is 16.2. The van der Waals surface area contributed by atoms with Gasteiger partial charge in [-0.3, -0.25) is 10.1 Å². The quantitative estimate of drug-likeness (QED) is 0.677. The van der Waals surface area contributed by atoms with Crippen molar-refractivity contribution in [3.63, 3.8) is 0 Å². The first kappa shape index (κ1) is 18.4. The molecule has 5 nitrogen and oxygen atoms in total. The number of rotatable bonds is 5. The van der Waals surface area contributed by atoms with Gasteiger partial charge in [0.1, 0.15) is 10.8 Å². The van der Waals surface area contributed by atoms with Gasteiger partial charge in [-0.15, -0.1) is 10.2 Å². The average Bonchev–Trinajstić information content (AvgIpc) is 3.07. The molecule has 1 amide bonds. The van der Waals surface area contributed by atoms with Gasteiger partial charge in [-0.05, 0) is 50.1 Å². The molecular weight excluding hydrogens is 370 g/mol. The molecule has 1 N–H and O–H groups in total. The maximum atomic E-state index is 12.4. The van der Waals surface area contributed by atoms with Crippen molar-refractivity contribution in [1.82, 2.24) is 10.2 Å². The molecule has 2 aromatic carbocycles. The lowest BCUT2D eigenvalue weighted by molar-refractivity contribution is -0.122. The minimum absolute atomic E-state index is 0.273. The summed E-state index contributed by atoms with van der Waals surface area (Å²) in [6, 6.07) is 13.2. The van der Waals surface area contributed by atoms with E-state index in [1.807, 2.05) is 44.2 Å². The van der Waals surface area contributed by atoms with Crippen LogP contribution in [-0.4, -0.2) is 22.2 Å². The van der Waals surface area contributed by atoms with Crippen molar-refractivity contribution in [3.8, 4) is 16.3 Å². The third kappa shape index (κ3) is 4.39. The van der Waals surface area contributed by atoms with Gasteiger partial charge in [-0.25, -0.2) is 0 Å². The Bertz CT molecular complexity index is 925. The maximum absolute atomic E-state index is 12.4. The number of halogens is 1. The number of aromatic nitrogens is 2. The first-order valence-electron chi connectivity index (χ1n) is 8.06. The van der Waals surface area contributed by atoms with Gasteiger partial charge in [-0.1, -0.05) is 47.2 Å². The fourth-order valence-corrected chi connectivity index (χ4v) is 3.15. The SMILES string of the molecule is Cc1ccc(C)c(O[C@H](C)C(=O)Nc2nnc(-c3ccc(Cl)cc3)s2)c1. The fraction of sp³-hybridized carbons (Fsp3) is 0.211. The second-order valence-electron chi connectivity index (χ2n) is 5.94. The molecule has 0 aliphatic carbocycles. The molecule has 0 aliphatic rings. The normalized spacial score (nSPS) is 11.8. The van der Waals surface area contributed by atoms with Crippen LogP contribution in [0.2, 0.25) is 5.02 Å². The van der Waals surface area contributed by atoms with Crippen LogP contribution in [0.1, 0.15) is 18.1 Å². The number of benzene rings is 2. The van der Waals surface area contributed by atoms with Crippen molar-refractivity contribution in [2.75, 3.05) is 5.32 Å². The predicted molar refractivity (Wildman–Crippen MR) is 105 cm³/mol. The highest BCUT2D eigenvalue weighted by Crippen LogP contribution is 2.27. The van der Waals surface area contributed by atoms with Gasteiger partial charge in [0.05, 0.1) is 0 Å². The van der Waals surface area contributed by atoms with Crippen LogP contribution in [0.25, 0.3) is 10.6 Å². The zero-order chi connectivity index (χ0) is 18.7. The van der Waals surface area contributed by atoms with Crippen LogP contribution in [-0.2, 0) is 4.79 Å². The van der Waals surface area contributed by atoms with Gasteiger partial charge in [0.25, 0.3) is 5.91 Å². The minimum atomic E-state index is -0.654. The van der Waals surface area contributed by atoms with Crippen LogP contribution in [0.5, 0.6) is 5.75 Å². The Kier molecular flexibility index (Phi) is 5.54. The van der Waals surface area contributed by atoms with E-state index in [1.54, 1.807) is 19.1 Å². The zero-order valence-electron chi connectivity index (χ0n) is 14.6. The van der Waals surface area contributed by atoms with Crippen molar-refractivity contribution in [2.24, 2.45) is 0 Å². The van der Waals surface area contributed by atoms with Crippen LogP contribution in [0.4, 0.5) is 5.13 Å². The molecule has 0 spiro atoms. The molecule has 134 valence electrons. The average molecular weight is 388 g/mol. The molecule has 1 aromatic heterocycles. The third-order valence-corrected chi connectivity index (χ3v) is 4.90. The van der Waals surface area contributed by atoms with Crippen LogP contribution in [0.3, 0.4) is 0 Å². The van der Waals surface area contributed by atoms with Gasteiger partial charge >= 0.3 is 0 Å². The highest BCUT2D eigenvalue weighted by atomic mass is 35.5. The maximum Gasteiger partial charge on any atom is 0.266 e. The molecule has 26 heavy (non-hydrogen) atoms. The number of nitrogens with one attached hydrogen (secondary N) is 1. The van der Waals surface area contributed by atoms with E-state index < -0.39 is 6.10 Å². The highest BCUT2D eigenvalue weighted by Gasteiger charge is 2.18. The summed E-state index contributed by atoms with van der Waals surface area (Å²) in [5.74, 6) is 0.427. The Morgan fingerprint density at radius 3 is 2.62 bits per heavy atom. The summed E-state index contributed by atoms with van der Waals surface area (Å²) in [6.45, 7) is 5.64. The Balaban J connectivity index is 1.66. The van der Waals surface area contributed by atoms with Crippen LogP contribution in [0.15, 0.2) is 42.5 Å². The monoisotopic (exact) mass is 387 g/mol. The highest BCUT2D eigenvalue weighted by molar-refractivity contribution is 7.18. The van der Waals surface area contributed by atoms with Crippen molar-refractivity contribution < 1.29 is 9.53 Å². The smallest absolute Gasteiger partial charge is 0.266 e. The molecular formula is C19H18ClN3O2S. The van der Waals surface area contributed by atoms with E-state index in [2.05, 4.69) is 15.5 Å². The number of ether oxygens (including phenoxy) is 1. The summed E-state index contributed by atoms with van der Waals surface area (Å²) < 4.78 is 5.79. The van der Waals surface area contributed by atoms with Crippen molar-refractivity contribution >= 4 is 34.0 Å². The molecule has 0 aliphatic heterocycles. The van der Waals surface area contributed by atoms with Crippen LogP contribution in [0, 0.1) is 13.8 Å². The molecule has 3 rings (SSSR count). The second kappa shape index (κ2) is 7.85. The summed E-state index contributed by atoms with van der Waals surface area (Å²) in [6.07, 6.45) is -0.654. The molecule has 1 atom stereocenters. The third-order valence-electron chi connectivity index (χ3n) is 3.76. The molecule has 3 aromatic rings. The van der Waals surface area contributed by atoms with E-state index in [4.69, 9.17) is 16.3 Å². The summed E-state index contributed by atoms with van der Waals surface area (Å²) in [5, 5.41) is 12.7. The van der Waals surface area contributed by atoms with Crippen molar-refractivity contribution in [2.45, 2.75) is 26.9 Å². The molecule has 1 heterocycles.